The molecule has 6 heavy (non-hydrogen) atoms. The van der Waals surface area contributed by atoms with E-state index in [4.69, 9.17) is 0 Å². The zero-order valence-corrected chi connectivity index (χ0v) is 3.81. The van der Waals surface area contributed by atoms with Crippen LogP contribution in [0.2, 0.25) is 0 Å². The Kier molecular flexibility index (Phi) is 4.78. The zero-order valence-electron chi connectivity index (χ0n) is 3.81. The first kappa shape index (κ1) is 5.88. The Morgan fingerprint density at radius 3 is 2.33 bits per heavy atom. The lowest BCUT2D eigenvalue weighted by Crippen LogP contribution is -2.05. The Morgan fingerprint density at radius 1 is 1.50 bits per heavy atom. The maximum absolute atomic E-state index is 4.63. The lowest BCUT2D eigenvalue weighted by molar-refractivity contribution is 0.0712. The van der Waals surface area contributed by atoms with E-state index in [-0.39, 0.29) is 0 Å². The van der Waals surface area contributed by atoms with Crippen LogP contribution in [0, 0.1) is 0 Å². The Hall–Kier alpha value is -0.120. The van der Waals surface area contributed by atoms with Crippen LogP contribution >= 0.6 is 0 Å². The third kappa shape index (κ3) is 3.88. The van der Waals surface area contributed by atoms with Gasteiger partial charge in [0.25, 0.3) is 0 Å². The van der Waals surface area contributed by atoms with Crippen LogP contribution in [-0.4, -0.2) is 20.3 Å². The molecule has 0 saturated carbocycles. The van der Waals surface area contributed by atoms with Crippen LogP contribution < -0.4 is 5.90 Å². The lowest BCUT2D eigenvalue weighted by atomic mass is 10.8. The molecule has 0 atom stereocenters. The minimum atomic E-state index is 0.469. The van der Waals surface area contributed by atoms with Gasteiger partial charge in [-0.15, -0.1) is 0 Å². The molecule has 0 heterocycles. The van der Waals surface area contributed by atoms with Crippen molar-refractivity contribution in [2.24, 2.45) is 5.90 Å². The van der Waals surface area contributed by atoms with E-state index in [0.717, 1.165) is 0 Å². The molecule has 2 N–H and O–H groups in total. The van der Waals surface area contributed by atoms with E-state index in [9.17, 15) is 0 Å². The summed E-state index contributed by atoms with van der Waals surface area (Å²) >= 11 is 0. The number of hydrogen-bond acceptors (Lipinski definition) is 3. The molecule has 3 heteroatoms. The molecule has 38 valence electrons. The van der Waals surface area contributed by atoms with E-state index in [1.807, 2.05) is 0 Å². The first-order chi connectivity index (χ1) is 2.91. The highest BCUT2D eigenvalue weighted by Gasteiger charge is 1.74. The van der Waals surface area contributed by atoms with Gasteiger partial charge in [0.1, 0.15) is 0 Å². The zero-order chi connectivity index (χ0) is 4.83. The van der Waals surface area contributed by atoms with Crippen molar-refractivity contribution < 1.29 is 9.57 Å². The lowest BCUT2D eigenvalue weighted by Gasteiger charge is -1.91. The van der Waals surface area contributed by atoms with E-state index < -0.39 is 0 Å². The normalized spacial score (nSPS) is 9.00. The minimum absolute atomic E-state index is 0.469. The monoisotopic (exact) mass is 91.1 g/mol. The fourth-order valence-corrected chi connectivity index (χ4v) is 0.131. The summed E-state index contributed by atoms with van der Waals surface area (Å²) in [5.41, 5.74) is 0. The van der Waals surface area contributed by atoms with E-state index in [2.05, 4.69) is 15.5 Å². The second-order valence-electron chi connectivity index (χ2n) is 0.864. The maximum Gasteiger partial charge on any atom is 0.0912 e. The summed E-state index contributed by atoms with van der Waals surface area (Å²) in [6, 6.07) is 0. The van der Waals surface area contributed by atoms with Gasteiger partial charge in [0, 0.05) is 7.11 Å². The van der Waals surface area contributed by atoms with Crippen LogP contribution in [0.5, 0.6) is 0 Å². The summed E-state index contributed by atoms with van der Waals surface area (Å²) in [5.74, 6) is 4.63. The van der Waals surface area contributed by atoms with Gasteiger partial charge in [0.05, 0.1) is 13.2 Å². The SMILES string of the molecule is COCCON. The number of rotatable bonds is 3. The summed E-state index contributed by atoms with van der Waals surface area (Å²) in [7, 11) is 1.60. The number of nitrogens with two attached hydrogens (primary N) is 1. The average molecular weight is 91.1 g/mol. The van der Waals surface area contributed by atoms with Crippen molar-refractivity contribution in [1.82, 2.24) is 0 Å². The molecular formula is C3H9NO2. The first-order valence-electron chi connectivity index (χ1n) is 1.72. The Morgan fingerprint density at radius 2 is 2.17 bits per heavy atom. The molecule has 0 saturated heterocycles. The van der Waals surface area contributed by atoms with E-state index >= 15 is 0 Å². The van der Waals surface area contributed by atoms with Crippen LogP contribution in [0.1, 0.15) is 0 Å². The van der Waals surface area contributed by atoms with E-state index in [0.29, 0.717) is 13.2 Å². The van der Waals surface area contributed by atoms with Gasteiger partial charge in [0.2, 0.25) is 0 Å². The van der Waals surface area contributed by atoms with Crippen molar-refractivity contribution in [3.05, 3.63) is 0 Å². The van der Waals surface area contributed by atoms with Gasteiger partial charge in [-0.05, 0) is 0 Å². The Labute approximate surface area is 37.0 Å². The third-order valence-corrected chi connectivity index (χ3v) is 0.405. The van der Waals surface area contributed by atoms with Crippen LogP contribution in [0.3, 0.4) is 0 Å². The molecule has 3 nitrogen and oxygen atoms in total. The average Bonchev–Trinajstić information content (AvgIpc) is 1.61. The quantitative estimate of drug-likeness (QED) is 0.377. The van der Waals surface area contributed by atoms with Gasteiger partial charge >= 0.3 is 0 Å². The Balaban J connectivity index is 2.34. The van der Waals surface area contributed by atoms with Crippen LogP contribution in [-0.2, 0) is 9.57 Å². The van der Waals surface area contributed by atoms with Crippen molar-refractivity contribution in [2.75, 3.05) is 20.3 Å². The predicted molar refractivity (Wildman–Crippen MR) is 22.0 cm³/mol. The van der Waals surface area contributed by atoms with Gasteiger partial charge in [-0.2, -0.15) is 0 Å². The van der Waals surface area contributed by atoms with Crippen molar-refractivity contribution in [3.8, 4) is 0 Å². The second kappa shape index (κ2) is 4.88. The summed E-state index contributed by atoms with van der Waals surface area (Å²) in [4.78, 5) is 4.16. The summed E-state index contributed by atoms with van der Waals surface area (Å²) in [5, 5.41) is 0. The van der Waals surface area contributed by atoms with Crippen molar-refractivity contribution >= 4 is 0 Å². The topological polar surface area (TPSA) is 44.5 Å². The van der Waals surface area contributed by atoms with Gasteiger partial charge in [-0.3, -0.25) is 0 Å². The molecule has 0 radical (unpaired) electrons. The van der Waals surface area contributed by atoms with Gasteiger partial charge < -0.3 is 9.57 Å². The first-order valence-corrected chi connectivity index (χ1v) is 1.72. The van der Waals surface area contributed by atoms with Crippen molar-refractivity contribution in [3.63, 3.8) is 0 Å². The molecule has 0 amide bonds. The fraction of sp³-hybridized carbons (Fsp3) is 1.00. The smallest absolute Gasteiger partial charge is 0.0912 e. The predicted octanol–water partition coefficient (Wildman–Crippen LogP) is -0.477. The Bertz CT molecular complexity index is 20.8. The standard InChI is InChI=1S/C3H9NO2/c1-5-2-3-6-4/h2-4H2,1H3. The van der Waals surface area contributed by atoms with Crippen molar-refractivity contribution in [2.45, 2.75) is 0 Å². The van der Waals surface area contributed by atoms with E-state index in [1.165, 1.54) is 0 Å². The molecule has 0 unspecified atom stereocenters. The molecule has 0 aromatic heterocycles. The van der Waals surface area contributed by atoms with Crippen molar-refractivity contribution in [1.29, 1.82) is 0 Å². The van der Waals surface area contributed by atoms with E-state index in [1.54, 1.807) is 7.11 Å². The third-order valence-electron chi connectivity index (χ3n) is 0.405. The molecule has 0 rings (SSSR count). The molecule has 0 aromatic carbocycles. The van der Waals surface area contributed by atoms with Gasteiger partial charge in [0.15, 0.2) is 0 Å². The summed E-state index contributed by atoms with van der Waals surface area (Å²) in [6.07, 6.45) is 0. The molecule has 0 spiro atoms. The molecule has 0 aliphatic heterocycles. The maximum atomic E-state index is 4.63. The molecule has 0 fully saturated rings. The molecule has 0 aliphatic rings. The molecule has 0 aliphatic carbocycles. The molecular weight excluding hydrogens is 82.0 g/mol. The van der Waals surface area contributed by atoms with Crippen LogP contribution in [0.4, 0.5) is 0 Å². The minimum Gasteiger partial charge on any atom is -0.382 e. The largest absolute Gasteiger partial charge is 0.382 e. The van der Waals surface area contributed by atoms with Crippen LogP contribution in [0.15, 0.2) is 0 Å². The number of hydrogen-bond donors (Lipinski definition) is 1. The number of methoxy groups -OCH3 is 1. The molecule has 0 bridgehead atoms. The molecule has 0 aromatic rings. The number of ether oxygens (including phenoxy) is 1. The van der Waals surface area contributed by atoms with Gasteiger partial charge in [-0.1, -0.05) is 0 Å². The van der Waals surface area contributed by atoms with Gasteiger partial charge in [-0.25, -0.2) is 5.90 Å². The highest BCUT2D eigenvalue weighted by molar-refractivity contribution is 4.16. The highest BCUT2D eigenvalue weighted by Crippen LogP contribution is 1.62. The fourth-order valence-electron chi connectivity index (χ4n) is 0.131. The van der Waals surface area contributed by atoms with Crippen LogP contribution in [0.25, 0.3) is 0 Å². The summed E-state index contributed by atoms with van der Waals surface area (Å²) in [6.45, 7) is 1.03. The second-order valence-corrected chi connectivity index (χ2v) is 0.864. The summed E-state index contributed by atoms with van der Waals surface area (Å²) < 4.78 is 4.58. The highest BCUT2D eigenvalue weighted by atomic mass is 16.6.